The van der Waals surface area contributed by atoms with Gasteiger partial charge in [-0.25, -0.2) is 4.98 Å². The fourth-order valence-electron chi connectivity index (χ4n) is 1.81. The van der Waals surface area contributed by atoms with Crippen molar-refractivity contribution in [1.29, 1.82) is 0 Å². The van der Waals surface area contributed by atoms with Gasteiger partial charge in [-0.1, -0.05) is 41.9 Å². The SMILES string of the molecule is Nc1cnc(NC(CO)Cc2ccccc2)c(Cl)c1. The molecule has 0 aliphatic heterocycles. The molecule has 4 nitrogen and oxygen atoms in total. The predicted molar refractivity (Wildman–Crippen MR) is 78.3 cm³/mol. The number of nitrogens with one attached hydrogen (secondary N) is 1. The molecule has 1 aromatic carbocycles. The second-order valence-electron chi connectivity index (χ2n) is 4.31. The van der Waals surface area contributed by atoms with Crippen LogP contribution in [0.15, 0.2) is 42.6 Å². The minimum atomic E-state index is -0.143. The highest BCUT2D eigenvalue weighted by Crippen LogP contribution is 2.22. The molecule has 0 aliphatic rings. The Balaban J connectivity index is 2.06. The Kier molecular flexibility index (Phi) is 4.60. The Morgan fingerprint density at radius 2 is 2.05 bits per heavy atom. The number of aliphatic hydroxyl groups is 1. The van der Waals surface area contributed by atoms with Gasteiger partial charge in [0.05, 0.1) is 29.6 Å². The van der Waals surface area contributed by atoms with Crippen LogP contribution in [0.3, 0.4) is 0 Å². The number of aliphatic hydroxyl groups excluding tert-OH is 1. The fraction of sp³-hybridized carbons (Fsp3) is 0.214. The summed E-state index contributed by atoms with van der Waals surface area (Å²) in [6.45, 7) is -0.00270. The van der Waals surface area contributed by atoms with E-state index >= 15 is 0 Å². The normalized spacial score (nSPS) is 12.1. The van der Waals surface area contributed by atoms with Gasteiger partial charge in [0.25, 0.3) is 0 Å². The number of anilines is 2. The average molecular weight is 278 g/mol. The van der Waals surface area contributed by atoms with Gasteiger partial charge in [0, 0.05) is 0 Å². The Morgan fingerprint density at radius 3 is 2.68 bits per heavy atom. The molecular weight excluding hydrogens is 262 g/mol. The second-order valence-corrected chi connectivity index (χ2v) is 4.72. The zero-order valence-electron chi connectivity index (χ0n) is 10.4. The number of pyridine rings is 1. The Labute approximate surface area is 117 Å². The quantitative estimate of drug-likeness (QED) is 0.784. The van der Waals surface area contributed by atoms with Crippen LogP contribution < -0.4 is 11.1 Å². The lowest BCUT2D eigenvalue weighted by atomic mass is 10.1. The lowest BCUT2D eigenvalue weighted by molar-refractivity contribution is 0.273. The predicted octanol–water partition coefficient (Wildman–Crippen LogP) is 2.33. The molecule has 1 heterocycles. The molecule has 0 aliphatic carbocycles. The molecular formula is C14H16ClN3O. The van der Waals surface area contributed by atoms with Crippen molar-refractivity contribution in [3.63, 3.8) is 0 Å². The van der Waals surface area contributed by atoms with Gasteiger partial charge in [-0.2, -0.15) is 0 Å². The van der Waals surface area contributed by atoms with Crippen molar-refractivity contribution in [2.75, 3.05) is 17.7 Å². The number of nitrogens with zero attached hydrogens (tertiary/aromatic N) is 1. The Bertz CT molecular complexity index is 533. The lowest BCUT2D eigenvalue weighted by Gasteiger charge is -2.17. The van der Waals surface area contributed by atoms with Crippen LogP contribution in [-0.2, 0) is 6.42 Å². The van der Waals surface area contributed by atoms with Crippen molar-refractivity contribution in [3.05, 3.63) is 53.2 Å². The number of halogens is 1. The molecule has 1 unspecified atom stereocenters. The van der Waals surface area contributed by atoms with Crippen LogP contribution in [0.4, 0.5) is 11.5 Å². The maximum Gasteiger partial charge on any atom is 0.145 e. The summed E-state index contributed by atoms with van der Waals surface area (Å²) in [6.07, 6.45) is 2.23. The molecule has 100 valence electrons. The molecule has 0 saturated heterocycles. The topological polar surface area (TPSA) is 71.2 Å². The highest BCUT2D eigenvalue weighted by molar-refractivity contribution is 6.33. The monoisotopic (exact) mass is 277 g/mol. The first-order valence-corrected chi connectivity index (χ1v) is 6.39. The number of rotatable bonds is 5. The van der Waals surface area contributed by atoms with E-state index in [4.69, 9.17) is 17.3 Å². The molecule has 0 saturated carbocycles. The summed E-state index contributed by atoms with van der Waals surface area (Å²) in [5, 5.41) is 13.0. The van der Waals surface area contributed by atoms with Crippen LogP contribution in [0.2, 0.25) is 5.02 Å². The zero-order chi connectivity index (χ0) is 13.7. The van der Waals surface area contributed by atoms with E-state index in [1.165, 1.54) is 6.20 Å². The van der Waals surface area contributed by atoms with E-state index < -0.39 is 0 Å². The van der Waals surface area contributed by atoms with E-state index in [1.54, 1.807) is 6.07 Å². The van der Waals surface area contributed by atoms with E-state index in [0.29, 0.717) is 22.9 Å². The van der Waals surface area contributed by atoms with Crippen molar-refractivity contribution in [1.82, 2.24) is 4.98 Å². The standard InChI is InChI=1S/C14H16ClN3O/c15-13-7-11(16)8-17-14(13)18-12(9-19)6-10-4-2-1-3-5-10/h1-5,7-8,12,19H,6,9,16H2,(H,17,18). The van der Waals surface area contributed by atoms with Crippen LogP contribution in [-0.4, -0.2) is 22.7 Å². The maximum atomic E-state index is 9.44. The number of nitrogens with two attached hydrogens (primary N) is 1. The van der Waals surface area contributed by atoms with E-state index in [9.17, 15) is 5.11 Å². The second kappa shape index (κ2) is 6.41. The van der Waals surface area contributed by atoms with Crippen LogP contribution in [0.5, 0.6) is 0 Å². The van der Waals surface area contributed by atoms with Crippen molar-refractivity contribution >= 4 is 23.1 Å². The Morgan fingerprint density at radius 1 is 1.32 bits per heavy atom. The fourth-order valence-corrected chi connectivity index (χ4v) is 2.04. The first-order valence-electron chi connectivity index (χ1n) is 6.01. The largest absolute Gasteiger partial charge is 0.397 e. The Hall–Kier alpha value is -1.78. The summed E-state index contributed by atoms with van der Waals surface area (Å²) in [5.41, 5.74) is 7.24. The van der Waals surface area contributed by atoms with E-state index in [-0.39, 0.29) is 12.6 Å². The minimum Gasteiger partial charge on any atom is -0.397 e. The molecule has 0 fully saturated rings. The summed E-state index contributed by atoms with van der Waals surface area (Å²) >= 11 is 6.05. The van der Waals surface area contributed by atoms with Crippen molar-refractivity contribution in [3.8, 4) is 0 Å². The number of aromatic nitrogens is 1. The van der Waals surface area contributed by atoms with Crippen LogP contribution in [0.1, 0.15) is 5.56 Å². The lowest BCUT2D eigenvalue weighted by Crippen LogP contribution is -2.27. The van der Waals surface area contributed by atoms with Crippen LogP contribution in [0, 0.1) is 0 Å². The summed E-state index contributed by atoms with van der Waals surface area (Å²) in [6, 6.07) is 11.4. The summed E-state index contributed by atoms with van der Waals surface area (Å²) in [5.74, 6) is 0.533. The first-order chi connectivity index (χ1) is 9.19. The number of benzene rings is 1. The van der Waals surface area contributed by atoms with E-state index in [2.05, 4.69) is 10.3 Å². The van der Waals surface area contributed by atoms with Gasteiger partial charge in [0.2, 0.25) is 0 Å². The van der Waals surface area contributed by atoms with Crippen LogP contribution >= 0.6 is 11.6 Å². The van der Waals surface area contributed by atoms with E-state index in [1.807, 2.05) is 30.3 Å². The maximum absolute atomic E-state index is 9.44. The van der Waals surface area contributed by atoms with Crippen molar-refractivity contribution < 1.29 is 5.11 Å². The molecule has 0 amide bonds. The van der Waals surface area contributed by atoms with Gasteiger partial charge in [-0.05, 0) is 18.1 Å². The smallest absolute Gasteiger partial charge is 0.145 e. The number of nitrogen functional groups attached to an aromatic ring is 1. The number of hydrogen-bond acceptors (Lipinski definition) is 4. The van der Waals surface area contributed by atoms with Gasteiger partial charge >= 0.3 is 0 Å². The molecule has 1 atom stereocenters. The highest BCUT2D eigenvalue weighted by Gasteiger charge is 2.11. The third-order valence-electron chi connectivity index (χ3n) is 2.75. The molecule has 4 N–H and O–H groups in total. The molecule has 0 spiro atoms. The van der Waals surface area contributed by atoms with Gasteiger partial charge in [0.15, 0.2) is 0 Å². The highest BCUT2D eigenvalue weighted by atomic mass is 35.5. The summed E-state index contributed by atoms with van der Waals surface area (Å²) in [4.78, 5) is 4.13. The molecule has 2 rings (SSSR count). The zero-order valence-corrected chi connectivity index (χ0v) is 11.1. The minimum absolute atomic E-state index is 0.00270. The molecule has 0 radical (unpaired) electrons. The van der Waals surface area contributed by atoms with Gasteiger partial charge in [-0.15, -0.1) is 0 Å². The molecule has 19 heavy (non-hydrogen) atoms. The number of hydrogen-bond donors (Lipinski definition) is 3. The van der Waals surface area contributed by atoms with Crippen LogP contribution in [0.25, 0.3) is 0 Å². The first kappa shape index (κ1) is 13.6. The van der Waals surface area contributed by atoms with Gasteiger partial charge in [-0.3, -0.25) is 0 Å². The molecule has 2 aromatic rings. The molecule has 5 heteroatoms. The van der Waals surface area contributed by atoms with Gasteiger partial charge in [0.1, 0.15) is 5.82 Å². The summed E-state index contributed by atoms with van der Waals surface area (Å²) < 4.78 is 0. The third kappa shape index (κ3) is 3.84. The molecule has 0 bridgehead atoms. The third-order valence-corrected chi connectivity index (χ3v) is 3.04. The molecule has 1 aromatic heterocycles. The van der Waals surface area contributed by atoms with Crippen molar-refractivity contribution in [2.24, 2.45) is 0 Å². The summed E-state index contributed by atoms with van der Waals surface area (Å²) in [7, 11) is 0. The van der Waals surface area contributed by atoms with Crippen molar-refractivity contribution in [2.45, 2.75) is 12.5 Å². The average Bonchev–Trinajstić information content (AvgIpc) is 2.42. The van der Waals surface area contributed by atoms with Gasteiger partial charge < -0.3 is 16.2 Å². The van der Waals surface area contributed by atoms with E-state index in [0.717, 1.165) is 5.56 Å².